The first kappa shape index (κ1) is 10.2. The fraction of sp³-hybridized carbons (Fsp3) is 0.600. The molecule has 0 bridgehead atoms. The highest BCUT2D eigenvalue weighted by Crippen LogP contribution is 2.22. The number of nitrogens with zero attached hydrogens (tertiary/aromatic N) is 1. The zero-order valence-electron chi connectivity index (χ0n) is 8.66. The number of oxazole rings is 1. The van der Waals surface area contributed by atoms with Gasteiger partial charge in [0, 0.05) is 0 Å². The Labute approximate surface area is 87.8 Å². The Morgan fingerprint density at radius 1 is 1.67 bits per heavy atom. The number of aromatic nitrogens is 1. The minimum atomic E-state index is -0.482. The molecule has 1 atom stereocenters. The van der Waals surface area contributed by atoms with Gasteiger partial charge in [0.05, 0.1) is 19.3 Å². The SMILES string of the molecule is COC(=O)c1cnc(C2CCCCN2)o1. The highest BCUT2D eigenvalue weighted by molar-refractivity contribution is 5.85. The Morgan fingerprint density at radius 3 is 3.20 bits per heavy atom. The molecule has 82 valence electrons. The Bertz CT molecular complexity index is 342. The molecule has 0 saturated carbocycles. The summed E-state index contributed by atoms with van der Waals surface area (Å²) in [6.07, 6.45) is 4.76. The van der Waals surface area contributed by atoms with Crippen LogP contribution in [0.3, 0.4) is 0 Å². The predicted molar refractivity (Wildman–Crippen MR) is 52.4 cm³/mol. The topological polar surface area (TPSA) is 64.4 Å². The summed E-state index contributed by atoms with van der Waals surface area (Å²) in [5.74, 6) is 0.263. The van der Waals surface area contributed by atoms with E-state index >= 15 is 0 Å². The minimum Gasteiger partial charge on any atom is -0.463 e. The number of piperidine rings is 1. The van der Waals surface area contributed by atoms with Crippen molar-refractivity contribution >= 4 is 5.97 Å². The van der Waals surface area contributed by atoms with Crippen LogP contribution in [0.5, 0.6) is 0 Å². The second-order valence-electron chi connectivity index (χ2n) is 3.56. The molecule has 5 heteroatoms. The van der Waals surface area contributed by atoms with Crippen molar-refractivity contribution in [1.82, 2.24) is 10.3 Å². The summed E-state index contributed by atoms with van der Waals surface area (Å²) in [5.41, 5.74) is 0. The second-order valence-corrected chi connectivity index (χ2v) is 3.56. The molecule has 0 radical (unpaired) electrons. The highest BCUT2D eigenvalue weighted by Gasteiger charge is 2.21. The molecule has 0 spiro atoms. The fourth-order valence-electron chi connectivity index (χ4n) is 1.71. The first-order valence-corrected chi connectivity index (χ1v) is 5.08. The van der Waals surface area contributed by atoms with Crippen LogP contribution in [-0.2, 0) is 4.74 Å². The molecule has 5 nitrogen and oxygen atoms in total. The molecule has 1 aromatic heterocycles. The van der Waals surface area contributed by atoms with E-state index in [4.69, 9.17) is 4.42 Å². The van der Waals surface area contributed by atoms with Gasteiger partial charge in [0.1, 0.15) is 0 Å². The third-order valence-corrected chi connectivity index (χ3v) is 2.52. The maximum atomic E-state index is 11.1. The van der Waals surface area contributed by atoms with Gasteiger partial charge in [0.25, 0.3) is 0 Å². The number of esters is 1. The van der Waals surface area contributed by atoms with Crippen LogP contribution in [0.25, 0.3) is 0 Å². The summed E-state index contributed by atoms with van der Waals surface area (Å²) in [7, 11) is 1.32. The molecule has 0 aromatic carbocycles. The van der Waals surface area contributed by atoms with Gasteiger partial charge in [0.2, 0.25) is 11.7 Å². The van der Waals surface area contributed by atoms with Crippen molar-refractivity contribution < 1.29 is 13.9 Å². The van der Waals surface area contributed by atoms with Gasteiger partial charge in [-0.05, 0) is 19.4 Å². The molecule has 1 aliphatic rings. The van der Waals surface area contributed by atoms with Crippen molar-refractivity contribution in [3.63, 3.8) is 0 Å². The fourth-order valence-corrected chi connectivity index (χ4v) is 1.71. The summed E-state index contributed by atoms with van der Waals surface area (Å²) >= 11 is 0. The van der Waals surface area contributed by atoms with E-state index in [2.05, 4.69) is 15.0 Å². The summed E-state index contributed by atoms with van der Waals surface area (Å²) in [6.45, 7) is 0.973. The zero-order chi connectivity index (χ0) is 10.7. The lowest BCUT2D eigenvalue weighted by Crippen LogP contribution is -2.26. The van der Waals surface area contributed by atoms with Crippen molar-refractivity contribution in [3.05, 3.63) is 17.8 Å². The molecule has 1 fully saturated rings. The van der Waals surface area contributed by atoms with Crippen molar-refractivity contribution in [3.8, 4) is 0 Å². The summed E-state index contributed by atoms with van der Waals surface area (Å²) in [6, 6.07) is 0.136. The first-order valence-electron chi connectivity index (χ1n) is 5.08. The number of ether oxygens (including phenoxy) is 1. The molecule has 0 aliphatic carbocycles. The van der Waals surface area contributed by atoms with E-state index < -0.39 is 5.97 Å². The molecule has 1 aromatic rings. The summed E-state index contributed by atoms with van der Waals surface area (Å²) < 4.78 is 9.87. The number of nitrogens with one attached hydrogen (secondary N) is 1. The quantitative estimate of drug-likeness (QED) is 0.745. The summed E-state index contributed by atoms with van der Waals surface area (Å²) in [4.78, 5) is 15.2. The van der Waals surface area contributed by atoms with Gasteiger partial charge >= 0.3 is 5.97 Å². The zero-order valence-corrected chi connectivity index (χ0v) is 8.66. The maximum absolute atomic E-state index is 11.1. The van der Waals surface area contributed by atoms with Crippen molar-refractivity contribution in [2.45, 2.75) is 25.3 Å². The van der Waals surface area contributed by atoms with Gasteiger partial charge in [-0.1, -0.05) is 6.42 Å². The maximum Gasteiger partial charge on any atom is 0.375 e. The Kier molecular flexibility index (Phi) is 3.01. The molecule has 1 saturated heterocycles. The lowest BCUT2D eigenvalue weighted by molar-refractivity contribution is 0.0561. The largest absolute Gasteiger partial charge is 0.463 e. The number of hydrogen-bond donors (Lipinski definition) is 1. The van der Waals surface area contributed by atoms with Crippen LogP contribution in [-0.4, -0.2) is 24.6 Å². The van der Waals surface area contributed by atoms with E-state index in [1.54, 1.807) is 0 Å². The average molecular weight is 210 g/mol. The number of hydrogen-bond acceptors (Lipinski definition) is 5. The van der Waals surface area contributed by atoms with Crippen molar-refractivity contribution in [1.29, 1.82) is 0 Å². The van der Waals surface area contributed by atoms with Gasteiger partial charge in [-0.3, -0.25) is 0 Å². The third kappa shape index (κ3) is 2.18. The Morgan fingerprint density at radius 2 is 2.53 bits per heavy atom. The van der Waals surface area contributed by atoms with Crippen LogP contribution < -0.4 is 5.32 Å². The second kappa shape index (κ2) is 4.44. The molecule has 15 heavy (non-hydrogen) atoms. The molecule has 1 aliphatic heterocycles. The van der Waals surface area contributed by atoms with Gasteiger partial charge in [-0.15, -0.1) is 0 Å². The molecular formula is C10H14N2O3. The molecule has 0 amide bonds. The van der Waals surface area contributed by atoms with E-state index in [-0.39, 0.29) is 11.8 Å². The monoisotopic (exact) mass is 210 g/mol. The molecular weight excluding hydrogens is 196 g/mol. The van der Waals surface area contributed by atoms with Gasteiger partial charge in [-0.2, -0.15) is 0 Å². The number of carbonyl (C=O) groups excluding carboxylic acids is 1. The lowest BCUT2D eigenvalue weighted by atomic mass is 10.1. The molecule has 2 rings (SSSR count). The third-order valence-electron chi connectivity index (χ3n) is 2.52. The van der Waals surface area contributed by atoms with E-state index in [9.17, 15) is 4.79 Å². The standard InChI is InChI=1S/C10H14N2O3/c1-14-10(13)8-6-12-9(15-8)7-4-2-3-5-11-7/h6-7,11H,2-5H2,1H3. The smallest absolute Gasteiger partial charge is 0.375 e. The van der Waals surface area contributed by atoms with Crippen molar-refractivity contribution in [2.24, 2.45) is 0 Å². The normalized spacial score (nSPS) is 21.3. The van der Waals surface area contributed by atoms with Crippen molar-refractivity contribution in [2.75, 3.05) is 13.7 Å². The van der Waals surface area contributed by atoms with Crippen LogP contribution in [0, 0.1) is 0 Å². The molecule has 1 unspecified atom stereocenters. The number of methoxy groups -OCH3 is 1. The van der Waals surface area contributed by atoms with Crippen LogP contribution in [0.1, 0.15) is 41.7 Å². The molecule has 2 heterocycles. The van der Waals surface area contributed by atoms with Gasteiger partial charge in [-0.25, -0.2) is 9.78 Å². The van der Waals surface area contributed by atoms with Gasteiger partial charge in [0.15, 0.2) is 0 Å². The minimum absolute atomic E-state index is 0.136. The predicted octanol–water partition coefficient (Wildman–Crippen LogP) is 1.28. The van der Waals surface area contributed by atoms with Gasteiger partial charge < -0.3 is 14.5 Å². The van der Waals surface area contributed by atoms with E-state index in [1.165, 1.54) is 19.7 Å². The lowest BCUT2D eigenvalue weighted by Gasteiger charge is -2.20. The van der Waals surface area contributed by atoms with Crippen LogP contribution in [0.4, 0.5) is 0 Å². The highest BCUT2D eigenvalue weighted by atomic mass is 16.5. The summed E-state index contributed by atoms with van der Waals surface area (Å²) in [5, 5.41) is 3.30. The van der Waals surface area contributed by atoms with Crippen LogP contribution >= 0.6 is 0 Å². The van der Waals surface area contributed by atoms with E-state index in [1.807, 2.05) is 0 Å². The van der Waals surface area contributed by atoms with Crippen LogP contribution in [0.15, 0.2) is 10.6 Å². The average Bonchev–Trinajstić information content (AvgIpc) is 2.78. The number of rotatable bonds is 2. The van der Waals surface area contributed by atoms with Crippen LogP contribution in [0.2, 0.25) is 0 Å². The van der Waals surface area contributed by atoms with E-state index in [0.717, 1.165) is 19.4 Å². The molecule has 1 N–H and O–H groups in total. The first-order chi connectivity index (χ1) is 7.31. The number of carbonyl (C=O) groups is 1. The Hall–Kier alpha value is -1.36. The van der Waals surface area contributed by atoms with E-state index in [0.29, 0.717) is 5.89 Å². The Balaban J connectivity index is 2.08.